The van der Waals surface area contributed by atoms with E-state index in [9.17, 15) is 31.6 Å². The van der Waals surface area contributed by atoms with Crippen molar-refractivity contribution >= 4 is 21.7 Å². The molecular formula is C20H25F3N6O3S. The van der Waals surface area contributed by atoms with E-state index in [2.05, 4.69) is 15.4 Å². The van der Waals surface area contributed by atoms with Gasteiger partial charge < -0.3 is 5.32 Å². The van der Waals surface area contributed by atoms with Gasteiger partial charge in [0.05, 0.1) is 0 Å². The number of anilines is 1. The Bertz CT molecular complexity index is 1160. The molecule has 180 valence electrons. The lowest BCUT2D eigenvalue weighted by atomic mass is 9.97. The number of carbonyl (C=O) groups excluding carboxylic acids is 1. The molecule has 13 heteroatoms. The quantitative estimate of drug-likeness (QED) is 0.613. The van der Waals surface area contributed by atoms with Crippen LogP contribution in [0.2, 0.25) is 0 Å². The Morgan fingerprint density at radius 2 is 1.88 bits per heavy atom. The number of amides is 1. The first-order chi connectivity index (χ1) is 15.0. The van der Waals surface area contributed by atoms with Crippen LogP contribution in [-0.4, -0.2) is 35.6 Å². The normalized spacial score (nSPS) is 12.5. The van der Waals surface area contributed by atoms with E-state index in [1.54, 1.807) is 13.8 Å². The van der Waals surface area contributed by atoms with Crippen molar-refractivity contribution in [2.75, 3.05) is 11.9 Å². The zero-order valence-corrected chi connectivity index (χ0v) is 19.6. The van der Waals surface area contributed by atoms with Crippen molar-refractivity contribution in [3.8, 4) is 11.9 Å². The Kier molecular flexibility index (Phi) is 7.43. The fourth-order valence-corrected chi connectivity index (χ4v) is 3.62. The summed E-state index contributed by atoms with van der Waals surface area (Å²) in [6, 6.07) is 3.76. The van der Waals surface area contributed by atoms with Crippen molar-refractivity contribution in [1.29, 1.82) is 5.26 Å². The molecule has 0 aliphatic carbocycles. The third-order valence-electron chi connectivity index (χ3n) is 4.14. The summed E-state index contributed by atoms with van der Waals surface area (Å²) in [5, 5.41) is 15.7. The monoisotopic (exact) mass is 486 g/mol. The van der Waals surface area contributed by atoms with Crippen LogP contribution < -0.4 is 10.0 Å². The van der Waals surface area contributed by atoms with E-state index >= 15 is 0 Å². The predicted molar refractivity (Wildman–Crippen MR) is 114 cm³/mol. The Hall–Kier alpha value is -3.14. The van der Waals surface area contributed by atoms with Crippen LogP contribution in [0.1, 0.15) is 52.3 Å². The maximum Gasteiger partial charge on any atom is 0.436 e. The summed E-state index contributed by atoms with van der Waals surface area (Å²) in [6.45, 7) is 9.28. The molecule has 33 heavy (non-hydrogen) atoms. The van der Waals surface area contributed by atoms with Crippen LogP contribution in [0.15, 0.2) is 23.2 Å². The van der Waals surface area contributed by atoms with Crippen molar-refractivity contribution in [2.24, 2.45) is 11.3 Å². The molecule has 0 saturated carbocycles. The van der Waals surface area contributed by atoms with Gasteiger partial charge in [0, 0.05) is 19.2 Å². The zero-order chi connectivity index (χ0) is 25.2. The standard InChI is InChI=1S/C20H25F3N6O3S/c1-12(2)8-16(30)28-33(31,32)13-6-7-15(25-10-13)29-18(26-11-19(3,4)5)14(9-24)17(27-29)20(21,22)23/h6-7,10,12,26H,8,11H2,1-5H3,(H,28,30). The van der Waals surface area contributed by atoms with Gasteiger partial charge in [0.1, 0.15) is 22.3 Å². The summed E-state index contributed by atoms with van der Waals surface area (Å²) in [7, 11) is -4.21. The van der Waals surface area contributed by atoms with E-state index in [4.69, 9.17) is 0 Å². The van der Waals surface area contributed by atoms with Crippen LogP contribution in [-0.2, 0) is 21.0 Å². The van der Waals surface area contributed by atoms with Gasteiger partial charge >= 0.3 is 6.18 Å². The molecule has 9 nitrogen and oxygen atoms in total. The Balaban J connectivity index is 2.48. The minimum absolute atomic E-state index is 0.00199. The SMILES string of the molecule is CC(C)CC(=O)NS(=O)(=O)c1ccc(-n2nc(C(F)(F)F)c(C#N)c2NCC(C)(C)C)nc1. The van der Waals surface area contributed by atoms with E-state index in [0.717, 1.165) is 23.0 Å². The summed E-state index contributed by atoms with van der Waals surface area (Å²) >= 11 is 0. The fraction of sp³-hybridized carbons (Fsp3) is 0.500. The number of halogens is 3. The molecule has 0 aromatic carbocycles. The van der Waals surface area contributed by atoms with Crippen LogP contribution in [0.4, 0.5) is 19.0 Å². The fourth-order valence-electron chi connectivity index (χ4n) is 2.68. The van der Waals surface area contributed by atoms with E-state index in [0.29, 0.717) is 0 Å². The first-order valence-corrected chi connectivity index (χ1v) is 11.4. The van der Waals surface area contributed by atoms with Crippen molar-refractivity contribution in [3.63, 3.8) is 0 Å². The van der Waals surface area contributed by atoms with Gasteiger partial charge in [-0.3, -0.25) is 4.79 Å². The van der Waals surface area contributed by atoms with Crippen LogP contribution in [0, 0.1) is 22.7 Å². The summed E-state index contributed by atoms with van der Waals surface area (Å²) in [5.41, 5.74) is -2.42. The van der Waals surface area contributed by atoms with Gasteiger partial charge in [-0.25, -0.2) is 18.1 Å². The number of rotatable bonds is 7. The van der Waals surface area contributed by atoms with Crippen molar-refractivity contribution < 1.29 is 26.4 Å². The van der Waals surface area contributed by atoms with Crippen molar-refractivity contribution in [1.82, 2.24) is 19.5 Å². The lowest BCUT2D eigenvalue weighted by molar-refractivity contribution is -0.141. The molecule has 2 aromatic rings. The largest absolute Gasteiger partial charge is 0.436 e. The highest BCUT2D eigenvalue weighted by atomic mass is 32.2. The third kappa shape index (κ3) is 6.67. The van der Waals surface area contributed by atoms with Gasteiger partial charge in [-0.05, 0) is 23.5 Å². The number of nitrogens with one attached hydrogen (secondary N) is 2. The predicted octanol–water partition coefficient (Wildman–Crippen LogP) is 3.47. The summed E-state index contributed by atoms with van der Waals surface area (Å²) in [6.07, 6.45) is -3.99. The van der Waals surface area contributed by atoms with Crippen LogP contribution in [0.25, 0.3) is 5.82 Å². The number of nitrogens with zero attached hydrogens (tertiary/aromatic N) is 4. The second-order valence-corrected chi connectivity index (χ2v) is 10.7. The van der Waals surface area contributed by atoms with E-state index in [1.165, 1.54) is 6.07 Å². The molecule has 0 saturated heterocycles. The first kappa shape index (κ1) is 26.1. The van der Waals surface area contributed by atoms with Crippen molar-refractivity contribution in [3.05, 3.63) is 29.6 Å². The summed E-state index contributed by atoms with van der Waals surface area (Å²) in [4.78, 5) is 15.4. The van der Waals surface area contributed by atoms with Gasteiger partial charge in [0.2, 0.25) is 5.91 Å². The Morgan fingerprint density at radius 3 is 2.33 bits per heavy atom. The third-order valence-corrected chi connectivity index (χ3v) is 5.50. The van der Waals surface area contributed by atoms with E-state index < -0.39 is 33.4 Å². The topological polar surface area (TPSA) is 130 Å². The first-order valence-electron chi connectivity index (χ1n) is 9.91. The number of aromatic nitrogens is 3. The molecule has 0 radical (unpaired) electrons. The van der Waals surface area contributed by atoms with Crippen LogP contribution in [0.5, 0.6) is 0 Å². The number of alkyl halides is 3. The molecule has 0 unspecified atom stereocenters. The molecule has 2 aromatic heterocycles. The second kappa shape index (κ2) is 9.38. The molecule has 2 heterocycles. The molecule has 2 rings (SSSR count). The highest BCUT2D eigenvalue weighted by Crippen LogP contribution is 2.35. The molecule has 0 aliphatic heterocycles. The average Bonchev–Trinajstić information content (AvgIpc) is 3.03. The molecule has 0 aliphatic rings. The number of sulfonamides is 1. The maximum atomic E-state index is 13.5. The lowest BCUT2D eigenvalue weighted by Crippen LogP contribution is -2.31. The van der Waals surface area contributed by atoms with Gasteiger partial charge in [0.25, 0.3) is 10.0 Å². The Morgan fingerprint density at radius 1 is 1.24 bits per heavy atom. The van der Waals surface area contributed by atoms with Gasteiger partial charge in [-0.2, -0.15) is 28.2 Å². The Labute approximate surface area is 190 Å². The average molecular weight is 487 g/mol. The van der Waals surface area contributed by atoms with Gasteiger partial charge in [-0.1, -0.05) is 34.6 Å². The van der Waals surface area contributed by atoms with Crippen LogP contribution >= 0.6 is 0 Å². The molecule has 0 atom stereocenters. The summed E-state index contributed by atoms with van der Waals surface area (Å²) in [5.74, 6) is -1.11. The molecule has 2 N–H and O–H groups in total. The highest BCUT2D eigenvalue weighted by molar-refractivity contribution is 7.90. The number of carbonyl (C=O) groups is 1. The number of hydrogen-bond donors (Lipinski definition) is 2. The minimum atomic E-state index is -4.89. The number of nitriles is 1. The van der Waals surface area contributed by atoms with E-state index in [-0.39, 0.29) is 40.8 Å². The van der Waals surface area contributed by atoms with Gasteiger partial charge in [-0.15, -0.1) is 0 Å². The molecular weight excluding hydrogens is 461 g/mol. The second-order valence-electron chi connectivity index (χ2n) is 8.99. The zero-order valence-electron chi connectivity index (χ0n) is 18.8. The number of hydrogen-bond acceptors (Lipinski definition) is 7. The van der Waals surface area contributed by atoms with Crippen molar-refractivity contribution in [2.45, 2.75) is 52.1 Å². The molecule has 0 fully saturated rings. The molecule has 0 spiro atoms. The molecule has 0 bridgehead atoms. The summed E-state index contributed by atoms with van der Waals surface area (Å²) < 4.78 is 67.9. The van der Waals surface area contributed by atoms with Crippen LogP contribution in [0.3, 0.4) is 0 Å². The smallest absolute Gasteiger partial charge is 0.368 e. The van der Waals surface area contributed by atoms with E-state index in [1.807, 2.05) is 25.5 Å². The minimum Gasteiger partial charge on any atom is -0.368 e. The maximum absolute atomic E-state index is 13.5. The van der Waals surface area contributed by atoms with Gasteiger partial charge in [0.15, 0.2) is 11.5 Å². The highest BCUT2D eigenvalue weighted by Gasteiger charge is 2.40. The lowest BCUT2D eigenvalue weighted by Gasteiger charge is -2.20. The number of pyridine rings is 1. The molecule has 1 amide bonds.